The van der Waals surface area contributed by atoms with Crippen LogP contribution in [-0.4, -0.2) is 40.3 Å². The van der Waals surface area contributed by atoms with E-state index in [-0.39, 0.29) is 0 Å². The van der Waals surface area contributed by atoms with Gasteiger partial charge in [0.1, 0.15) is 0 Å². The van der Waals surface area contributed by atoms with Gasteiger partial charge in [0, 0.05) is 24.8 Å². The molecule has 0 aromatic carbocycles. The smallest absolute Gasteiger partial charge is 0.238 e. The summed E-state index contributed by atoms with van der Waals surface area (Å²) in [6.45, 7) is 0. The summed E-state index contributed by atoms with van der Waals surface area (Å²) in [5, 5.41) is 15.6. The molecule has 0 saturated heterocycles. The molecule has 3 aromatic rings. The third-order valence-corrected chi connectivity index (χ3v) is 1.90. The van der Waals surface area contributed by atoms with Gasteiger partial charge in [-0.15, -0.1) is 20.4 Å². The number of hydrogen-bond acceptors (Lipinski definition) is 6. The fourth-order valence-corrected chi connectivity index (χ4v) is 1.19. The second-order valence-electron chi connectivity index (χ2n) is 2.92. The van der Waals surface area contributed by atoms with Gasteiger partial charge in [-0.3, -0.25) is 0 Å². The van der Waals surface area contributed by atoms with Crippen molar-refractivity contribution in [1.29, 1.82) is 0 Å². The molecule has 0 bridgehead atoms. The van der Waals surface area contributed by atoms with Crippen LogP contribution in [0.5, 0.6) is 0 Å². The molecular formula is C8H6N8. The maximum absolute atomic E-state index is 3.99. The van der Waals surface area contributed by atoms with Crippen molar-refractivity contribution in [3.8, 4) is 23.3 Å². The Morgan fingerprint density at radius 2 is 1.12 bits per heavy atom. The molecule has 2 N–H and O–H groups in total. The van der Waals surface area contributed by atoms with Crippen LogP contribution in [0, 0.1) is 0 Å². The fraction of sp³-hybridized carbons (Fsp3) is 0. The number of nitrogens with one attached hydrogen (secondary N) is 2. The molecule has 0 radical (unpaired) electrons. The molecule has 0 saturated carbocycles. The van der Waals surface area contributed by atoms with Gasteiger partial charge in [0.15, 0.2) is 11.6 Å². The first-order valence-corrected chi connectivity index (χ1v) is 4.50. The topological polar surface area (TPSA) is 109 Å². The Labute approximate surface area is 89.2 Å². The Balaban J connectivity index is 1.97. The molecule has 78 valence electrons. The summed E-state index contributed by atoms with van der Waals surface area (Å²) < 4.78 is 0. The van der Waals surface area contributed by atoms with Crippen molar-refractivity contribution in [3.05, 3.63) is 24.8 Å². The zero-order chi connectivity index (χ0) is 10.8. The maximum Gasteiger partial charge on any atom is 0.238 e. The van der Waals surface area contributed by atoms with E-state index in [1.165, 1.54) is 0 Å². The number of H-pyrrole nitrogens is 2. The third kappa shape index (κ3) is 1.41. The van der Waals surface area contributed by atoms with Crippen LogP contribution in [0.25, 0.3) is 23.3 Å². The lowest BCUT2D eigenvalue weighted by Crippen LogP contribution is -2.00. The Bertz CT molecular complexity index is 499. The average molecular weight is 214 g/mol. The molecule has 0 atom stereocenters. The lowest BCUT2D eigenvalue weighted by molar-refractivity contribution is 0.857. The second kappa shape index (κ2) is 3.50. The van der Waals surface area contributed by atoms with Crippen molar-refractivity contribution >= 4 is 0 Å². The summed E-state index contributed by atoms with van der Waals surface area (Å²) in [6, 6.07) is 0. The zero-order valence-corrected chi connectivity index (χ0v) is 7.99. The lowest BCUT2D eigenvalue weighted by Gasteiger charge is -1.94. The van der Waals surface area contributed by atoms with Gasteiger partial charge in [0.2, 0.25) is 11.6 Å². The monoisotopic (exact) mass is 214 g/mol. The molecule has 0 fully saturated rings. The van der Waals surface area contributed by atoms with Crippen LogP contribution in [-0.2, 0) is 0 Å². The van der Waals surface area contributed by atoms with Crippen LogP contribution >= 0.6 is 0 Å². The first-order valence-electron chi connectivity index (χ1n) is 4.50. The highest BCUT2D eigenvalue weighted by molar-refractivity contribution is 5.44. The Morgan fingerprint density at radius 1 is 0.688 bits per heavy atom. The van der Waals surface area contributed by atoms with Crippen molar-refractivity contribution in [2.24, 2.45) is 0 Å². The maximum atomic E-state index is 3.99. The van der Waals surface area contributed by atoms with E-state index in [4.69, 9.17) is 0 Å². The van der Waals surface area contributed by atoms with Gasteiger partial charge >= 0.3 is 0 Å². The van der Waals surface area contributed by atoms with Crippen molar-refractivity contribution in [1.82, 2.24) is 40.3 Å². The predicted molar refractivity (Wildman–Crippen MR) is 52.8 cm³/mol. The Morgan fingerprint density at radius 3 is 1.44 bits per heavy atom. The van der Waals surface area contributed by atoms with Gasteiger partial charge in [-0.2, -0.15) is 0 Å². The molecule has 0 amide bonds. The molecule has 0 aliphatic carbocycles. The number of imidazole rings is 2. The third-order valence-electron chi connectivity index (χ3n) is 1.90. The number of hydrogen-bond donors (Lipinski definition) is 2. The van der Waals surface area contributed by atoms with Gasteiger partial charge in [0.25, 0.3) is 0 Å². The summed E-state index contributed by atoms with van der Waals surface area (Å²) in [5.41, 5.74) is 0. The molecule has 3 rings (SSSR count). The van der Waals surface area contributed by atoms with E-state index in [0.29, 0.717) is 23.3 Å². The zero-order valence-electron chi connectivity index (χ0n) is 7.99. The van der Waals surface area contributed by atoms with E-state index in [9.17, 15) is 0 Å². The van der Waals surface area contributed by atoms with Gasteiger partial charge < -0.3 is 9.97 Å². The number of rotatable bonds is 2. The van der Waals surface area contributed by atoms with Crippen LogP contribution in [0.2, 0.25) is 0 Å². The summed E-state index contributed by atoms with van der Waals surface area (Å²) in [5.74, 6) is 1.76. The molecule has 0 aliphatic heterocycles. The highest BCUT2D eigenvalue weighted by atomic mass is 15.3. The molecule has 8 heteroatoms. The molecule has 16 heavy (non-hydrogen) atoms. The van der Waals surface area contributed by atoms with E-state index >= 15 is 0 Å². The average Bonchev–Trinajstić information content (AvgIpc) is 3.03. The van der Waals surface area contributed by atoms with E-state index in [0.717, 1.165) is 0 Å². The first-order chi connectivity index (χ1) is 7.93. The molecule has 3 aromatic heterocycles. The summed E-state index contributed by atoms with van der Waals surface area (Å²) >= 11 is 0. The normalized spacial score (nSPS) is 10.5. The second-order valence-corrected chi connectivity index (χ2v) is 2.92. The van der Waals surface area contributed by atoms with Gasteiger partial charge in [0.05, 0.1) is 0 Å². The van der Waals surface area contributed by atoms with Gasteiger partial charge in [-0.1, -0.05) is 0 Å². The van der Waals surface area contributed by atoms with Gasteiger partial charge in [-0.25, -0.2) is 9.97 Å². The van der Waals surface area contributed by atoms with Crippen molar-refractivity contribution in [2.75, 3.05) is 0 Å². The van der Waals surface area contributed by atoms with Crippen molar-refractivity contribution in [2.45, 2.75) is 0 Å². The van der Waals surface area contributed by atoms with Crippen LogP contribution < -0.4 is 0 Å². The molecule has 3 heterocycles. The molecule has 0 aliphatic rings. The van der Waals surface area contributed by atoms with E-state index in [1.807, 2.05) is 0 Å². The molecular weight excluding hydrogens is 208 g/mol. The van der Waals surface area contributed by atoms with E-state index in [1.54, 1.807) is 24.8 Å². The van der Waals surface area contributed by atoms with Crippen molar-refractivity contribution in [3.63, 3.8) is 0 Å². The first kappa shape index (κ1) is 8.65. The minimum Gasteiger partial charge on any atom is -0.342 e. The summed E-state index contributed by atoms with van der Waals surface area (Å²) in [4.78, 5) is 13.7. The molecule has 8 nitrogen and oxygen atoms in total. The van der Waals surface area contributed by atoms with Crippen LogP contribution in [0.3, 0.4) is 0 Å². The quantitative estimate of drug-likeness (QED) is 0.623. The SMILES string of the molecule is c1c[nH]c(-c2nnc(-c3ncc[nH]3)nn2)n1. The van der Waals surface area contributed by atoms with Crippen LogP contribution in [0.4, 0.5) is 0 Å². The predicted octanol–water partition coefficient (Wildman–Crippen LogP) is 0.0468. The van der Waals surface area contributed by atoms with Crippen LogP contribution in [0.15, 0.2) is 24.8 Å². The summed E-state index contributed by atoms with van der Waals surface area (Å²) in [6.07, 6.45) is 6.58. The Kier molecular flexibility index (Phi) is 1.89. The highest BCUT2D eigenvalue weighted by Crippen LogP contribution is 2.08. The fourth-order valence-electron chi connectivity index (χ4n) is 1.19. The number of aromatic nitrogens is 8. The number of aromatic amines is 2. The van der Waals surface area contributed by atoms with Gasteiger partial charge in [-0.05, 0) is 0 Å². The Hall–Kier alpha value is -2.64. The van der Waals surface area contributed by atoms with E-state index in [2.05, 4.69) is 40.3 Å². The molecule has 0 spiro atoms. The molecule has 0 unspecified atom stereocenters. The van der Waals surface area contributed by atoms with E-state index < -0.39 is 0 Å². The highest BCUT2D eigenvalue weighted by Gasteiger charge is 2.08. The summed E-state index contributed by atoms with van der Waals surface area (Å²) in [7, 11) is 0. The minimum atomic E-state index is 0.348. The largest absolute Gasteiger partial charge is 0.342 e. The van der Waals surface area contributed by atoms with Crippen molar-refractivity contribution < 1.29 is 0 Å². The number of nitrogens with zero attached hydrogens (tertiary/aromatic N) is 6. The minimum absolute atomic E-state index is 0.348. The lowest BCUT2D eigenvalue weighted by atomic mass is 10.5. The standard InChI is InChI=1S/C8H6N8/c1-2-10-5(9-1)7-13-15-8(16-14-7)6-11-3-4-12-6/h1-4H,(H,9,10)(H,11,12). The van der Waals surface area contributed by atoms with Crippen LogP contribution in [0.1, 0.15) is 0 Å².